The van der Waals surface area contributed by atoms with Gasteiger partial charge in [0, 0.05) is 16.4 Å². The van der Waals surface area contributed by atoms with Crippen LogP contribution in [0.1, 0.15) is 27.9 Å². The largest absolute Gasteiger partial charge is 0.295 e. The second-order valence-corrected chi connectivity index (χ2v) is 10.8. The summed E-state index contributed by atoms with van der Waals surface area (Å²) in [5.41, 5.74) is 5.62. The zero-order valence-corrected chi connectivity index (χ0v) is 22.2. The lowest BCUT2D eigenvalue weighted by atomic mass is 10.1. The Labute approximate surface area is 212 Å². The third-order valence-electron chi connectivity index (χ3n) is 5.93. The smallest absolute Gasteiger partial charge is 0.280 e. The lowest BCUT2D eigenvalue weighted by Crippen LogP contribution is -2.18. The molecule has 0 bridgehead atoms. The van der Waals surface area contributed by atoms with Crippen LogP contribution in [0.5, 0.6) is 0 Å². The van der Waals surface area contributed by atoms with E-state index in [-0.39, 0.29) is 10.5 Å². The van der Waals surface area contributed by atoms with Crippen LogP contribution in [0.3, 0.4) is 0 Å². The molecule has 0 saturated heterocycles. The van der Waals surface area contributed by atoms with Crippen LogP contribution >= 0.6 is 15.9 Å². The van der Waals surface area contributed by atoms with Crippen molar-refractivity contribution in [2.75, 3.05) is 4.72 Å². The zero-order valence-electron chi connectivity index (χ0n) is 19.8. The van der Waals surface area contributed by atoms with Gasteiger partial charge in [0.25, 0.3) is 15.6 Å². The van der Waals surface area contributed by atoms with Gasteiger partial charge in [0.05, 0.1) is 27.5 Å². The van der Waals surface area contributed by atoms with Crippen LogP contribution in [0.25, 0.3) is 5.69 Å². The highest BCUT2D eigenvalue weighted by Crippen LogP contribution is 2.25. The molecule has 3 aromatic carbocycles. The van der Waals surface area contributed by atoms with E-state index in [1.54, 1.807) is 24.3 Å². The standard InChI is InChI=1S/C26H25BrN4O3S/c1-16-7-5-6-8-24(16)30-35(33,34)21-11-9-20(10-12-21)28-15-22-19(4)29-31(26(22)32)25-14-13-23(27)17(2)18(25)3/h5-15,29-30H,1-4H3. The second-order valence-electron chi connectivity index (χ2n) is 8.28. The van der Waals surface area contributed by atoms with E-state index in [4.69, 9.17) is 0 Å². The number of aromatic amines is 1. The number of para-hydroxylation sites is 1. The molecule has 2 N–H and O–H groups in total. The Bertz CT molecular complexity index is 1600. The van der Waals surface area contributed by atoms with Crippen LogP contribution in [-0.4, -0.2) is 24.4 Å². The fourth-order valence-corrected chi connectivity index (χ4v) is 5.20. The molecule has 0 atom stereocenters. The zero-order chi connectivity index (χ0) is 25.3. The molecule has 180 valence electrons. The average Bonchev–Trinajstić information content (AvgIpc) is 3.11. The quantitative estimate of drug-likeness (QED) is 0.299. The Hall–Kier alpha value is -3.43. The monoisotopic (exact) mass is 552 g/mol. The minimum absolute atomic E-state index is 0.126. The molecule has 4 aromatic rings. The lowest BCUT2D eigenvalue weighted by Gasteiger charge is -2.10. The molecule has 0 amide bonds. The van der Waals surface area contributed by atoms with E-state index in [1.807, 2.05) is 52.0 Å². The molecule has 35 heavy (non-hydrogen) atoms. The van der Waals surface area contributed by atoms with E-state index < -0.39 is 10.0 Å². The predicted molar refractivity (Wildman–Crippen MR) is 144 cm³/mol. The van der Waals surface area contributed by atoms with Crippen molar-refractivity contribution in [1.82, 2.24) is 9.78 Å². The van der Waals surface area contributed by atoms with Crippen molar-refractivity contribution in [1.29, 1.82) is 0 Å². The van der Waals surface area contributed by atoms with Crippen LogP contribution in [-0.2, 0) is 10.0 Å². The van der Waals surface area contributed by atoms with E-state index in [0.29, 0.717) is 22.6 Å². The van der Waals surface area contributed by atoms with E-state index in [2.05, 4.69) is 30.7 Å². The van der Waals surface area contributed by atoms with Gasteiger partial charge in [-0.05, 0) is 86.8 Å². The van der Waals surface area contributed by atoms with Crippen LogP contribution < -0.4 is 10.3 Å². The topological polar surface area (TPSA) is 96.3 Å². The normalized spacial score (nSPS) is 11.8. The fourth-order valence-electron chi connectivity index (χ4n) is 3.64. The molecule has 7 nitrogen and oxygen atoms in total. The van der Waals surface area contributed by atoms with Gasteiger partial charge < -0.3 is 0 Å². The Morgan fingerprint density at radius 1 is 0.943 bits per heavy atom. The first-order chi connectivity index (χ1) is 16.6. The number of aliphatic imine (C=N–C) groups is 1. The van der Waals surface area contributed by atoms with Crippen molar-refractivity contribution in [3.63, 3.8) is 0 Å². The van der Waals surface area contributed by atoms with Crippen molar-refractivity contribution in [2.45, 2.75) is 32.6 Å². The molecule has 0 aliphatic heterocycles. The first-order valence-electron chi connectivity index (χ1n) is 10.9. The minimum atomic E-state index is -3.73. The number of aryl methyl sites for hydroxylation is 2. The van der Waals surface area contributed by atoms with Gasteiger partial charge in [-0.1, -0.05) is 34.1 Å². The Morgan fingerprint density at radius 3 is 2.31 bits per heavy atom. The number of hydrogen-bond acceptors (Lipinski definition) is 4. The molecule has 9 heteroatoms. The second kappa shape index (κ2) is 9.67. The Kier molecular flexibility index (Phi) is 6.82. The number of H-pyrrole nitrogens is 1. The number of rotatable bonds is 6. The van der Waals surface area contributed by atoms with E-state index in [0.717, 1.165) is 26.9 Å². The number of nitrogens with one attached hydrogen (secondary N) is 2. The molecular formula is C26H25BrN4O3S. The molecule has 0 saturated carbocycles. The van der Waals surface area contributed by atoms with Crippen LogP contribution in [0.15, 0.2) is 79.8 Å². The molecule has 0 aliphatic carbocycles. The van der Waals surface area contributed by atoms with Crippen molar-refractivity contribution >= 4 is 43.5 Å². The summed E-state index contributed by atoms with van der Waals surface area (Å²) >= 11 is 3.52. The number of halogens is 1. The number of aromatic nitrogens is 2. The highest BCUT2D eigenvalue weighted by molar-refractivity contribution is 9.10. The van der Waals surface area contributed by atoms with Crippen LogP contribution in [0.2, 0.25) is 0 Å². The van der Waals surface area contributed by atoms with Gasteiger partial charge in [0.2, 0.25) is 0 Å². The number of anilines is 1. The number of benzene rings is 3. The summed E-state index contributed by atoms with van der Waals surface area (Å²) in [6, 6.07) is 17.2. The van der Waals surface area contributed by atoms with E-state index in [9.17, 15) is 13.2 Å². The summed E-state index contributed by atoms with van der Waals surface area (Å²) in [7, 11) is -3.73. The summed E-state index contributed by atoms with van der Waals surface area (Å²) in [5, 5.41) is 3.12. The maximum atomic E-state index is 13.1. The molecule has 1 heterocycles. The first-order valence-corrected chi connectivity index (χ1v) is 13.2. The molecule has 0 unspecified atom stereocenters. The van der Waals surface area contributed by atoms with Crippen LogP contribution in [0.4, 0.5) is 11.4 Å². The van der Waals surface area contributed by atoms with Crippen molar-refractivity contribution < 1.29 is 8.42 Å². The molecule has 0 radical (unpaired) electrons. The molecule has 0 fully saturated rings. The Balaban J connectivity index is 1.58. The number of nitrogens with zero attached hydrogens (tertiary/aromatic N) is 2. The van der Waals surface area contributed by atoms with E-state index >= 15 is 0 Å². The summed E-state index contributed by atoms with van der Waals surface area (Å²) in [6.07, 6.45) is 1.50. The minimum Gasteiger partial charge on any atom is -0.295 e. The summed E-state index contributed by atoms with van der Waals surface area (Å²) in [6.45, 7) is 7.61. The number of sulfonamides is 1. The summed E-state index contributed by atoms with van der Waals surface area (Å²) in [5.74, 6) is 0. The lowest BCUT2D eigenvalue weighted by molar-refractivity contribution is 0.601. The van der Waals surface area contributed by atoms with Crippen LogP contribution in [0, 0.1) is 27.7 Å². The Morgan fingerprint density at radius 2 is 1.63 bits per heavy atom. The van der Waals surface area contributed by atoms with Gasteiger partial charge in [0.1, 0.15) is 0 Å². The third kappa shape index (κ3) is 5.01. The first kappa shape index (κ1) is 24.7. The van der Waals surface area contributed by atoms with Gasteiger partial charge in [0.15, 0.2) is 0 Å². The molecule has 4 rings (SSSR count). The van der Waals surface area contributed by atoms with Gasteiger partial charge >= 0.3 is 0 Å². The maximum Gasteiger partial charge on any atom is 0.280 e. The molecule has 0 aliphatic rings. The van der Waals surface area contributed by atoms with Crippen molar-refractivity contribution in [2.24, 2.45) is 4.99 Å². The van der Waals surface area contributed by atoms with Crippen molar-refractivity contribution in [3.8, 4) is 5.69 Å². The number of hydrogen-bond donors (Lipinski definition) is 2. The molecular weight excluding hydrogens is 528 g/mol. The predicted octanol–water partition coefficient (Wildman–Crippen LogP) is 5.71. The van der Waals surface area contributed by atoms with Crippen molar-refractivity contribution in [3.05, 3.63) is 103 Å². The highest BCUT2D eigenvalue weighted by atomic mass is 79.9. The SMILES string of the molecule is Cc1ccccc1NS(=O)(=O)c1ccc(N=Cc2c(C)[nH]n(-c3ccc(Br)c(C)c3C)c2=O)cc1. The maximum absolute atomic E-state index is 13.1. The molecule has 1 aromatic heterocycles. The average molecular weight is 553 g/mol. The van der Waals surface area contributed by atoms with E-state index in [1.165, 1.54) is 23.0 Å². The van der Waals surface area contributed by atoms with Gasteiger partial charge in [-0.25, -0.2) is 13.1 Å². The highest BCUT2D eigenvalue weighted by Gasteiger charge is 2.16. The van der Waals surface area contributed by atoms with Gasteiger partial charge in [-0.2, -0.15) is 0 Å². The molecule has 0 spiro atoms. The van der Waals surface area contributed by atoms with Gasteiger partial charge in [-0.15, -0.1) is 0 Å². The fraction of sp³-hybridized carbons (Fsp3) is 0.154. The third-order valence-corrected chi connectivity index (χ3v) is 8.17. The summed E-state index contributed by atoms with van der Waals surface area (Å²) < 4.78 is 30.6. The summed E-state index contributed by atoms with van der Waals surface area (Å²) in [4.78, 5) is 17.6. The van der Waals surface area contributed by atoms with Gasteiger partial charge in [-0.3, -0.25) is 19.6 Å².